The van der Waals surface area contributed by atoms with E-state index in [1.165, 1.54) is 6.20 Å². The maximum Gasteiger partial charge on any atom is 0.256 e. The van der Waals surface area contributed by atoms with E-state index >= 15 is 0 Å². The van der Waals surface area contributed by atoms with Crippen molar-refractivity contribution in [2.75, 3.05) is 0 Å². The first-order valence-corrected chi connectivity index (χ1v) is 10.7. The maximum absolute atomic E-state index is 14.9. The van der Waals surface area contributed by atoms with Crippen molar-refractivity contribution in [3.05, 3.63) is 57.6 Å². The number of pyridine rings is 1. The molecule has 2 aromatic rings. The van der Waals surface area contributed by atoms with Crippen LogP contribution in [0.4, 0.5) is 4.39 Å². The number of amides is 1. The Morgan fingerprint density at radius 3 is 2.58 bits per heavy atom. The van der Waals surface area contributed by atoms with Crippen LogP contribution in [-0.2, 0) is 13.0 Å². The summed E-state index contributed by atoms with van der Waals surface area (Å²) >= 11 is 6.16. The molecule has 0 radical (unpaired) electrons. The summed E-state index contributed by atoms with van der Waals surface area (Å²) in [5.74, 6) is 0.0216. The second-order valence-corrected chi connectivity index (χ2v) is 9.90. The minimum Gasteiger partial charge on any atom is -0.489 e. The molecule has 0 spiro atoms. The van der Waals surface area contributed by atoms with E-state index in [0.717, 1.165) is 0 Å². The first-order chi connectivity index (χ1) is 14.5. The standard InChI is InChI=1S/C24H25ClFN3O2/c1-6-18-19(26)16-12-29(20(30)15(16)11-28-18)21-23(2,3)22(24(21,4)5)31-14-8-7-13(10-27)17(25)9-14/h7-9,11,21-22H,6,12H2,1-5H3. The van der Waals surface area contributed by atoms with Crippen molar-refractivity contribution in [2.24, 2.45) is 10.8 Å². The van der Waals surface area contributed by atoms with Gasteiger partial charge in [0.15, 0.2) is 0 Å². The molecule has 162 valence electrons. The van der Waals surface area contributed by atoms with E-state index in [2.05, 4.69) is 32.7 Å². The van der Waals surface area contributed by atoms with Gasteiger partial charge in [-0.15, -0.1) is 0 Å². The summed E-state index contributed by atoms with van der Waals surface area (Å²) in [4.78, 5) is 19.1. The van der Waals surface area contributed by atoms with Gasteiger partial charge >= 0.3 is 0 Å². The van der Waals surface area contributed by atoms with E-state index in [1.807, 2.05) is 13.0 Å². The molecule has 1 amide bonds. The van der Waals surface area contributed by atoms with Crippen molar-refractivity contribution >= 4 is 17.5 Å². The molecular weight excluding hydrogens is 417 g/mol. The van der Waals surface area contributed by atoms with Gasteiger partial charge in [0.2, 0.25) is 0 Å². The highest BCUT2D eigenvalue weighted by molar-refractivity contribution is 6.31. The fourth-order valence-corrected chi connectivity index (χ4v) is 5.98. The van der Waals surface area contributed by atoms with Crippen LogP contribution in [0.3, 0.4) is 0 Å². The summed E-state index contributed by atoms with van der Waals surface area (Å²) in [6.45, 7) is 10.3. The lowest BCUT2D eigenvalue weighted by Crippen LogP contribution is -2.74. The van der Waals surface area contributed by atoms with Gasteiger partial charge in [-0.1, -0.05) is 46.2 Å². The van der Waals surface area contributed by atoms with E-state index in [0.29, 0.717) is 39.6 Å². The summed E-state index contributed by atoms with van der Waals surface area (Å²) in [5, 5.41) is 9.42. The van der Waals surface area contributed by atoms with Crippen molar-refractivity contribution < 1.29 is 13.9 Å². The molecule has 0 saturated heterocycles. The van der Waals surface area contributed by atoms with Crippen molar-refractivity contribution in [1.29, 1.82) is 5.26 Å². The summed E-state index contributed by atoms with van der Waals surface area (Å²) < 4.78 is 21.2. The van der Waals surface area contributed by atoms with Crippen molar-refractivity contribution in [3.8, 4) is 11.8 Å². The number of ether oxygens (including phenoxy) is 1. The Morgan fingerprint density at radius 1 is 1.32 bits per heavy atom. The highest BCUT2D eigenvalue weighted by Crippen LogP contribution is 2.59. The number of nitrogens with zero attached hydrogens (tertiary/aromatic N) is 3. The Kier molecular flexibility index (Phi) is 5.01. The first-order valence-electron chi connectivity index (χ1n) is 10.4. The zero-order valence-electron chi connectivity index (χ0n) is 18.3. The quantitative estimate of drug-likeness (QED) is 0.658. The molecule has 0 bridgehead atoms. The minimum atomic E-state index is -0.390. The summed E-state index contributed by atoms with van der Waals surface area (Å²) in [7, 11) is 0. The summed E-state index contributed by atoms with van der Waals surface area (Å²) in [6.07, 6.45) is 1.78. The van der Waals surface area contributed by atoms with E-state index in [1.54, 1.807) is 23.1 Å². The molecule has 2 aliphatic rings. The molecule has 0 atom stereocenters. The molecule has 4 rings (SSSR count). The Balaban J connectivity index is 1.61. The van der Waals surface area contributed by atoms with Crippen molar-refractivity contribution in [2.45, 2.75) is 59.7 Å². The van der Waals surface area contributed by atoms with Gasteiger partial charge in [0.05, 0.1) is 28.4 Å². The predicted molar refractivity (Wildman–Crippen MR) is 115 cm³/mol. The van der Waals surface area contributed by atoms with Crippen LogP contribution in [0.25, 0.3) is 0 Å². The largest absolute Gasteiger partial charge is 0.489 e. The number of rotatable bonds is 4. The van der Waals surface area contributed by atoms with Crippen molar-refractivity contribution in [3.63, 3.8) is 0 Å². The third-order valence-corrected chi connectivity index (χ3v) is 7.05. The second-order valence-electron chi connectivity index (χ2n) is 9.49. The number of halogens is 2. The van der Waals surface area contributed by atoms with Crippen LogP contribution < -0.4 is 4.74 Å². The molecule has 2 heterocycles. The average Bonchev–Trinajstić information content (AvgIpc) is 3.03. The number of hydrogen-bond donors (Lipinski definition) is 0. The van der Waals surface area contributed by atoms with Gasteiger partial charge < -0.3 is 9.64 Å². The van der Waals surface area contributed by atoms with Crippen LogP contribution in [-0.4, -0.2) is 27.9 Å². The molecule has 0 N–H and O–H groups in total. The number of fused-ring (bicyclic) bond motifs is 1. The number of carbonyl (C=O) groups is 1. The van der Waals surface area contributed by atoms with Gasteiger partial charge in [0, 0.05) is 34.7 Å². The number of aromatic nitrogens is 1. The maximum atomic E-state index is 14.9. The Morgan fingerprint density at radius 2 is 2.00 bits per heavy atom. The SMILES string of the molecule is CCc1ncc2c(c1F)CN(C1C(C)(C)C(Oc3ccc(C#N)c(Cl)c3)C1(C)C)C2=O. The van der Waals surface area contributed by atoms with Gasteiger partial charge in [-0.2, -0.15) is 5.26 Å². The molecule has 0 unspecified atom stereocenters. The van der Waals surface area contributed by atoms with Crippen LogP contribution in [0.15, 0.2) is 24.4 Å². The average molecular weight is 442 g/mol. The monoisotopic (exact) mass is 441 g/mol. The minimum absolute atomic E-state index is 0.150. The Labute approximate surface area is 186 Å². The normalized spacial score (nSPS) is 23.2. The van der Waals surface area contributed by atoms with E-state index < -0.39 is 0 Å². The zero-order valence-corrected chi connectivity index (χ0v) is 19.0. The summed E-state index contributed by atoms with van der Waals surface area (Å²) in [5.41, 5.74) is 0.787. The molecule has 1 aliphatic heterocycles. The van der Waals surface area contributed by atoms with Crippen LogP contribution in [0.1, 0.15) is 61.8 Å². The lowest BCUT2D eigenvalue weighted by molar-refractivity contribution is -0.199. The first kappa shape index (κ1) is 21.6. The molecule has 1 aromatic heterocycles. The topological polar surface area (TPSA) is 66.2 Å². The van der Waals surface area contributed by atoms with E-state index in [4.69, 9.17) is 21.6 Å². The van der Waals surface area contributed by atoms with Crippen molar-refractivity contribution in [1.82, 2.24) is 9.88 Å². The molecule has 1 aromatic carbocycles. The Hall–Kier alpha value is -2.65. The summed E-state index contributed by atoms with van der Waals surface area (Å²) in [6, 6.07) is 6.90. The fraction of sp³-hybridized carbons (Fsp3) is 0.458. The number of carbonyl (C=O) groups excluding carboxylic acids is 1. The van der Waals surface area contributed by atoms with Crippen LogP contribution in [0.2, 0.25) is 5.02 Å². The molecular formula is C24H25ClFN3O2. The van der Waals surface area contributed by atoms with E-state index in [9.17, 15) is 9.18 Å². The molecule has 7 heteroatoms. The highest BCUT2D eigenvalue weighted by Gasteiger charge is 2.67. The number of aryl methyl sites for hydroxylation is 1. The van der Waals surface area contributed by atoms with Crippen LogP contribution in [0, 0.1) is 28.0 Å². The van der Waals surface area contributed by atoms with Gasteiger partial charge in [-0.3, -0.25) is 9.78 Å². The molecule has 1 aliphatic carbocycles. The number of hydrogen-bond acceptors (Lipinski definition) is 4. The van der Waals surface area contributed by atoms with Crippen LogP contribution in [0.5, 0.6) is 5.75 Å². The molecule has 31 heavy (non-hydrogen) atoms. The third kappa shape index (κ3) is 3.10. The fourth-order valence-electron chi connectivity index (χ4n) is 5.77. The smallest absolute Gasteiger partial charge is 0.256 e. The third-order valence-electron chi connectivity index (χ3n) is 6.74. The lowest BCUT2D eigenvalue weighted by atomic mass is 9.49. The van der Waals surface area contributed by atoms with Gasteiger partial charge in [0.1, 0.15) is 23.7 Å². The van der Waals surface area contributed by atoms with Gasteiger partial charge in [0.25, 0.3) is 5.91 Å². The number of benzene rings is 1. The van der Waals surface area contributed by atoms with Gasteiger partial charge in [-0.25, -0.2) is 4.39 Å². The van der Waals surface area contributed by atoms with Crippen LogP contribution >= 0.6 is 11.6 Å². The Bertz CT molecular complexity index is 1110. The predicted octanol–water partition coefficient (Wildman–Crippen LogP) is 5.15. The second kappa shape index (κ2) is 7.20. The highest BCUT2D eigenvalue weighted by atomic mass is 35.5. The molecule has 5 nitrogen and oxygen atoms in total. The van der Waals surface area contributed by atoms with Gasteiger partial charge in [-0.05, 0) is 18.6 Å². The zero-order chi connectivity index (χ0) is 22.7. The van der Waals surface area contributed by atoms with E-state index in [-0.39, 0.29) is 41.2 Å². The lowest BCUT2D eigenvalue weighted by Gasteiger charge is -2.65. The molecule has 1 fully saturated rings. The number of nitriles is 1. The molecule has 1 saturated carbocycles.